The number of hydrogen-bond acceptors (Lipinski definition) is 8. The third kappa shape index (κ3) is 8.32. The average molecular weight is 1060 g/mol. The zero-order valence-corrected chi connectivity index (χ0v) is 49.3. The summed E-state index contributed by atoms with van der Waals surface area (Å²) in [5.74, 6) is 2.05. The Morgan fingerprint density at radius 1 is 0.526 bits per heavy atom. The number of aliphatic hydroxyl groups is 1. The molecular weight excluding hydrogens is 953 g/mol. The molecule has 11 fully saturated rings. The normalized spacial score (nSPS) is 48.1. The molecule has 11 aliphatic rings. The molecule has 10 nitrogen and oxygen atoms in total. The fourth-order valence-corrected chi connectivity index (χ4v) is 23.4. The molecule has 10 aliphatic carbocycles. The second-order valence-electron chi connectivity index (χ2n) is 30.6. The molecule has 0 unspecified atom stereocenters. The van der Waals surface area contributed by atoms with Crippen molar-refractivity contribution < 1.29 is 48.8 Å². The minimum atomic E-state index is -0.886. The number of carbonyl (C=O) groups is 5. The number of ketones is 2. The lowest BCUT2D eigenvalue weighted by Gasteiger charge is -2.72. The molecule has 10 heteroatoms. The van der Waals surface area contributed by atoms with Crippen LogP contribution in [0.1, 0.15) is 217 Å². The van der Waals surface area contributed by atoms with E-state index in [1.165, 1.54) is 19.8 Å². The van der Waals surface area contributed by atoms with Crippen LogP contribution < -0.4 is 0 Å². The van der Waals surface area contributed by atoms with Crippen LogP contribution >= 0.6 is 0 Å². The van der Waals surface area contributed by atoms with Gasteiger partial charge in [0.1, 0.15) is 11.6 Å². The summed E-state index contributed by atoms with van der Waals surface area (Å²) in [4.78, 5) is 61.9. The smallest absolute Gasteiger partial charge is 0.331 e. The zero-order chi connectivity index (χ0) is 55.6. The van der Waals surface area contributed by atoms with Gasteiger partial charge in [0.05, 0.1) is 6.61 Å². The maximum absolute atomic E-state index is 13.0. The molecule has 0 amide bonds. The molecule has 0 aromatic heterocycles. The maximum atomic E-state index is 13.0. The van der Waals surface area contributed by atoms with Gasteiger partial charge in [-0.2, -0.15) is 0 Å². The van der Waals surface area contributed by atoms with Gasteiger partial charge in [-0.05, 0) is 226 Å². The van der Waals surface area contributed by atoms with Gasteiger partial charge in [-0.15, -0.1) is 0 Å². The quantitative estimate of drug-likeness (QED) is 0.165. The number of fused-ring (bicyclic) bond motifs is 14. The van der Waals surface area contributed by atoms with Crippen molar-refractivity contribution in [3.05, 3.63) is 24.3 Å². The van der Waals surface area contributed by atoms with Gasteiger partial charge in [0.25, 0.3) is 0 Å². The number of carbonyl (C=O) groups excluding carboxylic acids is 3. The van der Waals surface area contributed by atoms with E-state index >= 15 is 0 Å². The van der Waals surface area contributed by atoms with Gasteiger partial charge in [-0.1, -0.05) is 82.4 Å². The summed E-state index contributed by atoms with van der Waals surface area (Å²) >= 11 is 0. The SMILES string of the molecule is C1CCOC1.C=C(C(=O)O)[C@@H]1CC[C@]2(CO)CC[C@]3(C)[C@H](CC[C@@H]4[C@@]5(C)CCC(=O)C(C)(C)[C@@H]5CC[C@]43C)[C@@H]12.C=C(C(=O)O)[C@@H]1CC[C@]2(COC(C)=O)CC[C@]3(C)[C@H](CC[C@@H]4[C@@]5(C)CCC(=O)C(C)(C)[C@@H]5CC[C@]43C)[C@@H]12. The van der Waals surface area contributed by atoms with Gasteiger partial charge < -0.3 is 24.8 Å². The van der Waals surface area contributed by atoms with Crippen molar-refractivity contribution in [3.8, 4) is 0 Å². The Morgan fingerprint density at radius 3 is 1.32 bits per heavy atom. The highest BCUT2D eigenvalue weighted by atomic mass is 16.5. The van der Waals surface area contributed by atoms with Crippen LogP contribution in [0.5, 0.6) is 0 Å². The van der Waals surface area contributed by atoms with Crippen molar-refractivity contribution >= 4 is 29.5 Å². The Morgan fingerprint density at radius 2 is 0.934 bits per heavy atom. The Balaban J connectivity index is 0.000000170. The Bertz CT molecular complexity index is 2340. The summed E-state index contributed by atoms with van der Waals surface area (Å²) in [5.41, 5.74) is 0.789. The molecule has 0 radical (unpaired) electrons. The molecule has 0 aromatic rings. The molecule has 3 N–H and O–H groups in total. The van der Waals surface area contributed by atoms with Gasteiger partial charge in [0.2, 0.25) is 0 Å². The topological polar surface area (TPSA) is 164 Å². The molecule has 0 spiro atoms. The van der Waals surface area contributed by atoms with Crippen molar-refractivity contribution in [2.75, 3.05) is 26.4 Å². The van der Waals surface area contributed by atoms with Crippen molar-refractivity contribution in [1.29, 1.82) is 0 Å². The van der Waals surface area contributed by atoms with E-state index in [1.54, 1.807) is 0 Å². The van der Waals surface area contributed by atoms with Crippen molar-refractivity contribution in [3.63, 3.8) is 0 Å². The van der Waals surface area contributed by atoms with Crippen LogP contribution in [0.2, 0.25) is 0 Å². The molecule has 426 valence electrons. The summed E-state index contributed by atoms with van der Waals surface area (Å²) in [6.07, 6.45) is 22.7. The van der Waals surface area contributed by atoms with Crippen molar-refractivity contribution in [2.45, 2.75) is 217 Å². The standard InChI is InChI=1S/C32H48O5.C30H46O4.C4H8O/c1-19(27(35)36)21-10-15-32(18-37-20(2)33)17-16-30(6)22(26(21)32)8-9-24-29(5)13-12-25(34)28(3,4)23(29)11-14-31(24,30)7;1-18(25(33)34)19-9-14-30(17-31)16-15-28(5)20(24(19)30)7-8-22-27(4)12-11-23(32)26(2,3)21(27)10-13-29(22,28)6;1-2-4-5-3-1/h21-24,26H,1,8-18H2,2-7H3,(H,35,36);19-22,24,31H,1,7-17H2,2-6H3,(H,33,34);1-4H2/t21-,22+,23-,24+,26+,29-,30+,31+,32+;19-,20+,21-,22+,24+,27-,28+,29+,30+;/m00./s1. The Hall–Kier alpha value is -2.85. The zero-order valence-electron chi connectivity index (χ0n) is 49.3. The van der Waals surface area contributed by atoms with E-state index < -0.39 is 11.9 Å². The van der Waals surface area contributed by atoms with Crippen LogP contribution in [0.4, 0.5) is 0 Å². The first-order chi connectivity index (χ1) is 35.4. The highest BCUT2D eigenvalue weighted by molar-refractivity contribution is 5.87. The Kier molecular flexibility index (Phi) is 15.0. The predicted octanol–water partition coefficient (Wildman–Crippen LogP) is 13.9. The molecule has 0 aromatic carbocycles. The van der Waals surface area contributed by atoms with Crippen LogP contribution in [-0.2, 0) is 33.4 Å². The molecule has 1 aliphatic heterocycles. The van der Waals surface area contributed by atoms with Crippen LogP contribution in [0.15, 0.2) is 24.3 Å². The van der Waals surface area contributed by atoms with E-state index in [1.807, 2.05) is 0 Å². The number of aliphatic carboxylic acids is 2. The van der Waals surface area contributed by atoms with Gasteiger partial charge in [0.15, 0.2) is 0 Å². The number of ether oxygens (including phenoxy) is 2. The summed E-state index contributed by atoms with van der Waals surface area (Å²) in [7, 11) is 0. The number of carboxylic acid groups (broad SMARTS) is 2. The molecule has 1 heterocycles. The average Bonchev–Trinajstić information content (AvgIpc) is 4.30. The fourth-order valence-electron chi connectivity index (χ4n) is 23.4. The van der Waals surface area contributed by atoms with Crippen molar-refractivity contribution in [1.82, 2.24) is 0 Å². The number of esters is 1. The molecule has 10 saturated carbocycles. The highest BCUT2D eigenvalue weighted by Gasteiger charge is 2.73. The van der Waals surface area contributed by atoms with Gasteiger partial charge in [-0.3, -0.25) is 14.4 Å². The molecule has 1 saturated heterocycles. The summed E-state index contributed by atoms with van der Waals surface area (Å²) < 4.78 is 10.6. The molecule has 0 bridgehead atoms. The van der Waals surface area contributed by atoms with Crippen LogP contribution in [-0.4, -0.2) is 71.2 Å². The summed E-state index contributed by atoms with van der Waals surface area (Å²) in [6.45, 7) is 36.1. The lowest BCUT2D eigenvalue weighted by molar-refractivity contribution is -0.237. The minimum absolute atomic E-state index is 0.0208. The number of carboxylic acids is 2. The summed E-state index contributed by atoms with van der Waals surface area (Å²) in [6, 6.07) is 0. The van der Waals surface area contributed by atoms with Crippen LogP contribution in [0.25, 0.3) is 0 Å². The highest BCUT2D eigenvalue weighted by Crippen LogP contribution is 2.79. The van der Waals surface area contributed by atoms with Gasteiger partial charge in [-0.25, -0.2) is 9.59 Å². The first-order valence-corrected chi connectivity index (χ1v) is 30.7. The van der Waals surface area contributed by atoms with E-state index in [2.05, 4.69) is 82.4 Å². The van der Waals surface area contributed by atoms with Crippen LogP contribution in [0.3, 0.4) is 0 Å². The van der Waals surface area contributed by atoms with Gasteiger partial charge >= 0.3 is 17.9 Å². The van der Waals surface area contributed by atoms with E-state index in [-0.39, 0.29) is 90.4 Å². The van der Waals surface area contributed by atoms with E-state index in [4.69, 9.17) is 9.47 Å². The first kappa shape index (κ1) is 57.8. The number of aliphatic hydroxyl groups excluding tert-OH is 1. The molecular formula is C66H102O10. The first-order valence-electron chi connectivity index (χ1n) is 30.7. The number of hydrogen-bond donors (Lipinski definition) is 3. The van der Waals surface area contributed by atoms with E-state index in [0.717, 1.165) is 129 Å². The molecule has 18 atom stereocenters. The van der Waals surface area contributed by atoms with E-state index in [0.29, 0.717) is 77.7 Å². The van der Waals surface area contributed by atoms with E-state index in [9.17, 15) is 39.3 Å². The minimum Gasteiger partial charge on any atom is -0.478 e. The lowest BCUT2D eigenvalue weighted by Crippen LogP contribution is -2.66. The largest absolute Gasteiger partial charge is 0.478 e. The summed E-state index contributed by atoms with van der Waals surface area (Å²) in [5, 5.41) is 30.4. The molecule has 76 heavy (non-hydrogen) atoms. The maximum Gasteiger partial charge on any atom is 0.331 e. The number of rotatable bonds is 7. The monoisotopic (exact) mass is 1050 g/mol. The second kappa shape index (κ2) is 19.7. The van der Waals surface area contributed by atoms with Crippen LogP contribution in [0, 0.1) is 113 Å². The van der Waals surface area contributed by atoms with Crippen molar-refractivity contribution in [2.24, 2.45) is 113 Å². The fraction of sp³-hybridized carbons (Fsp3) is 0.864. The Labute approximate surface area is 457 Å². The molecule has 11 rings (SSSR count). The van der Waals surface area contributed by atoms with Gasteiger partial charge in [0, 0.05) is 67.0 Å². The second-order valence-corrected chi connectivity index (χ2v) is 30.6. The lowest BCUT2D eigenvalue weighted by atomic mass is 9.32. The number of Topliss-reactive ketones (excluding diaryl/α,β-unsaturated/α-hetero) is 2. The predicted molar refractivity (Wildman–Crippen MR) is 296 cm³/mol. The third-order valence-electron chi connectivity index (χ3n) is 27.9. The third-order valence-corrected chi connectivity index (χ3v) is 27.9.